The normalized spacial score (nSPS) is 37.5. The van der Waals surface area contributed by atoms with Crippen molar-refractivity contribution in [3.63, 3.8) is 0 Å². The summed E-state index contributed by atoms with van der Waals surface area (Å²) in [5.41, 5.74) is 0. The Kier molecular flexibility index (Phi) is 3.03. The van der Waals surface area contributed by atoms with Gasteiger partial charge in [0.1, 0.15) is 0 Å². The predicted octanol–water partition coefficient (Wildman–Crippen LogP) is 0.0320. The monoisotopic (exact) mass is 198 g/mol. The molecule has 2 aliphatic rings. The lowest BCUT2D eigenvalue weighted by Crippen LogP contribution is -2.54. The summed E-state index contributed by atoms with van der Waals surface area (Å²) in [5.74, 6) is 0.187. The SMILES string of the molecule is COC1CC(NC2CCC(=O)NC2)C1. The Balaban J connectivity index is 1.64. The Labute approximate surface area is 84.4 Å². The van der Waals surface area contributed by atoms with Gasteiger partial charge in [0.15, 0.2) is 0 Å². The van der Waals surface area contributed by atoms with Crippen molar-refractivity contribution in [3.05, 3.63) is 0 Å². The van der Waals surface area contributed by atoms with Gasteiger partial charge in [0.2, 0.25) is 5.91 Å². The number of amides is 1. The van der Waals surface area contributed by atoms with E-state index >= 15 is 0 Å². The quantitative estimate of drug-likeness (QED) is 0.673. The summed E-state index contributed by atoms with van der Waals surface area (Å²) in [4.78, 5) is 10.9. The number of rotatable bonds is 3. The van der Waals surface area contributed by atoms with Crippen LogP contribution in [0.15, 0.2) is 0 Å². The molecule has 1 unspecified atom stereocenters. The van der Waals surface area contributed by atoms with E-state index in [1.807, 2.05) is 0 Å². The third-order valence-corrected chi connectivity index (χ3v) is 3.17. The molecule has 0 aromatic heterocycles. The number of methoxy groups -OCH3 is 1. The number of carbonyl (C=O) groups is 1. The first kappa shape index (κ1) is 9.93. The molecular formula is C10H18N2O2. The van der Waals surface area contributed by atoms with E-state index in [9.17, 15) is 4.79 Å². The second-order valence-electron chi connectivity index (χ2n) is 4.23. The van der Waals surface area contributed by atoms with Gasteiger partial charge in [0, 0.05) is 32.2 Å². The van der Waals surface area contributed by atoms with Crippen LogP contribution in [0.5, 0.6) is 0 Å². The fourth-order valence-corrected chi connectivity index (χ4v) is 2.10. The van der Waals surface area contributed by atoms with E-state index in [0.717, 1.165) is 25.8 Å². The summed E-state index contributed by atoms with van der Waals surface area (Å²) < 4.78 is 5.21. The van der Waals surface area contributed by atoms with Crippen molar-refractivity contribution in [1.82, 2.24) is 10.6 Å². The Morgan fingerprint density at radius 1 is 1.43 bits per heavy atom. The van der Waals surface area contributed by atoms with Crippen LogP contribution in [0.1, 0.15) is 25.7 Å². The van der Waals surface area contributed by atoms with Crippen molar-refractivity contribution in [1.29, 1.82) is 0 Å². The van der Waals surface area contributed by atoms with Crippen LogP contribution in [0.2, 0.25) is 0 Å². The molecule has 1 heterocycles. The highest BCUT2D eigenvalue weighted by molar-refractivity contribution is 5.76. The van der Waals surface area contributed by atoms with E-state index in [0.29, 0.717) is 24.6 Å². The largest absolute Gasteiger partial charge is 0.381 e. The van der Waals surface area contributed by atoms with Crippen molar-refractivity contribution >= 4 is 5.91 Å². The predicted molar refractivity (Wildman–Crippen MR) is 53.0 cm³/mol. The van der Waals surface area contributed by atoms with E-state index in [1.54, 1.807) is 7.11 Å². The molecule has 0 spiro atoms. The number of hydrogen-bond donors (Lipinski definition) is 2. The van der Waals surface area contributed by atoms with Crippen LogP contribution < -0.4 is 10.6 Å². The van der Waals surface area contributed by atoms with Gasteiger partial charge in [0.25, 0.3) is 0 Å². The Morgan fingerprint density at radius 2 is 2.21 bits per heavy atom. The van der Waals surface area contributed by atoms with Gasteiger partial charge in [-0.05, 0) is 19.3 Å². The van der Waals surface area contributed by atoms with E-state index in [4.69, 9.17) is 4.74 Å². The number of ether oxygens (including phenoxy) is 1. The number of piperidine rings is 1. The molecular weight excluding hydrogens is 180 g/mol. The Bertz CT molecular complexity index is 204. The molecule has 1 amide bonds. The lowest BCUT2D eigenvalue weighted by Gasteiger charge is -2.38. The number of carbonyl (C=O) groups excluding carboxylic acids is 1. The standard InChI is InChI=1S/C10H18N2O2/c1-14-9-4-8(5-9)12-7-2-3-10(13)11-6-7/h7-9,12H,2-6H2,1H3,(H,11,13). The molecule has 1 atom stereocenters. The van der Waals surface area contributed by atoms with Gasteiger partial charge in [-0.15, -0.1) is 0 Å². The lowest BCUT2D eigenvalue weighted by atomic mass is 9.88. The van der Waals surface area contributed by atoms with Crippen LogP contribution in [0.4, 0.5) is 0 Å². The molecule has 0 bridgehead atoms. The van der Waals surface area contributed by atoms with Gasteiger partial charge in [0.05, 0.1) is 6.10 Å². The zero-order valence-corrected chi connectivity index (χ0v) is 8.58. The first-order valence-corrected chi connectivity index (χ1v) is 5.33. The highest BCUT2D eigenvalue weighted by Crippen LogP contribution is 2.23. The zero-order chi connectivity index (χ0) is 9.97. The summed E-state index contributed by atoms with van der Waals surface area (Å²) in [5, 5.41) is 6.42. The van der Waals surface area contributed by atoms with Crippen molar-refractivity contribution in [3.8, 4) is 0 Å². The molecule has 0 radical (unpaired) electrons. The molecule has 80 valence electrons. The average molecular weight is 198 g/mol. The van der Waals surface area contributed by atoms with E-state index < -0.39 is 0 Å². The molecule has 1 saturated heterocycles. The molecule has 2 rings (SSSR count). The second kappa shape index (κ2) is 4.28. The second-order valence-corrected chi connectivity index (χ2v) is 4.23. The van der Waals surface area contributed by atoms with E-state index in [2.05, 4.69) is 10.6 Å². The van der Waals surface area contributed by atoms with Crippen LogP contribution in [-0.4, -0.2) is 37.7 Å². The summed E-state index contributed by atoms with van der Waals surface area (Å²) in [7, 11) is 1.77. The lowest BCUT2D eigenvalue weighted by molar-refractivity contribution is -0.122. The highest BCUT2D eigenvalue weighted by Gasteiger charge is 2.31. The molecule has 0 aromatic carbocycles. The van der Waals surface area contributed by atoms with Gasteiger partial charge >= 0.3 is 0 Å². The highest BCUT2D eigenvalue weighted by atomic mass is 16.5. The zero-order valence-electron chi connectivity index (χ0n) is 8.58. The third-order valence-electron chi connectivity index (χ3n) is 3.17. The third kappa shape index (κ3) is 2.25. The van der Waals surface area contributed by atoms with Crippen LogP contribution in [0.25, 0.3) is 0 Å². The first-order chi connectivity index (χ1) is 6.78. The summed E-state index contributed by atoms with van der Waals surface area (Å²) in [6.07, 6.45) is 4.31. The molecule has 4 heteroatoms. The van der Waals surface area contributed by atoms with E-state index in [-0.39, 0.29) is 5.91 Å². The number of hydrogen-bond acceptors (Lipinski definition) is 3. The van der Waals surface area contributed by atoms with Crippen LogP contribution in [-0.2, 0) is 9.53 Å². The Hall–Kier alpha value is -0.610. The first-order valence-electron chi connectivity index (χ1n) is 5.33. The fraction of sp³-hybridized carbons (Fsp3) is 0.900. The Morgan fingerprint density at radius 3 is 2.79 bits per heavy atom. The van der Waals surface area contributed by atoms with Crippen molar-refractivity contribution in [2.45, 2.75) is 43.9 Å². The maximum absolute atomic E-state index is 10.9. The van der Waals surface area contributed by atoms with Crippen LogP contribution in [0, 0.1) is 0 Å². The van der Waals surface area contributed by atoms with Crippen molar-refractivity contribution in [2.24, 2.45) is 0 Å². The molecule has 2 fully saturated rings. The minimum Gasteiger partial charge on any atom is -0.381 e. The molecule has 0 aromatic rings. The van der Waals surface area contributed by atoms with Gasteiger partial charge in [-0.2, -0.15) is 0 Å². The maximum Gasteiger partial charge on any atom is 0.220 e. The minimum atomic E-state index is 0.187. The van der Waals surface area contributed by atoms with Crippen molar-refractivity contribution in [2.75, 3.05) is 13.7 Å². The average Bonchev–Trinajstić information content (AvgIpc) is 2.13. The van der Waals surface area contributed by atoms with E-state index in [1.165, 1.54) is 0 Å². The molecule has 14 heavy (non-hydrogen) atoms. The summed E-state index contributed by atoms with van der Waals surface area (Å²) in [6, 6.07) is 1.07. The minimum absolute atomic E-state index is 0.187. The van der Waals surface area contributed by atoms with Gasteiger partial charge in [-0.25, -0.2) is 0 Å². The maximum atomic E-state index is 10.9. The van der Waals surface area contributed by atoms with Gasteiger partial charge < -0.3 is 15.4 Å². The van der Waals surface area contributed by atoms with Crippen molar-refractivity contribution < 1.29 is 9.53 Å². The number of nitrogens with one attached hydrogen (secondary N) is 2. The topological polar surface area (TPSA) is 50.4 Å². The fourth-order valence-electron chi connectivity index (χ4n) is 2.10. The molecule has 4 nitrogen and oxygen atoms in total. The van der Waals surface area contributed by atoms with Crippen LogP contribution >= 0.6 is 0 Å². The summed E-state index contributed by atoms with van der Waals surface area (Å²) in [6.45, 7) is 0.785. The van der Waals surface area contributed by atoms with Gasteiger partial charge in [-0.3, -0.25) is 4.79 Å². The summed E-state index contributed by atoms with van der Waals surface area (Å²) >= 11 is 0. The molecule has 2 N–H and O–H groups in total. The van der Waals surface area contributed by atoms with Gasteiger partial charge in [-0.1, -0.05) is 0 Å². The smallest absolute Gasteiger partial charge is 0.220 e. The molecule has 1 aliphatic heterocycles. The molecule has 1 saturated carbocycles. The van der Waals surface area contributed by atoms with Crippen LogP contribution in [0.3, 0.4) is 0 Å². The molecule has 1 aliphatic carbocycles.